The van der Waals surface area contributed by atoms with Crippen molar-refractivity contribution in [1.29, 1.82) is 0 Å². The number of aromatic nitrogens is 2. The van der Waals surface area contributed by atoms with Crippen molar-refractivity contribution in [2.24, 2.45) is 5.16 Å². The zero-order valence-corrected chi connectivity index (χ0v) is 15.8. The predicted octanol–water partition coefficient (Wildman–Crippen LogP) is -1.76. The van der Waals surface area contributed by atoms with E-state index < -0.39 is 35.5 Å². The third-order valence-corrected chi connectivity index (χ3v) is 4.48. The number of carboxylic acid groups (broad SMARTS) is 1. The van der Waals surface area contributed by atoms with Gasteiger partial charge in [-0.25, -0.2) is 4.79 Å². The van der Waals surface area contributed by atoms with E-state index in [-0.39, 0.29) is 42.7 Å². The van der Waals surface area contributed by atoms with Crippen LogP contribution in [0.25, 0.3) is 0 Å². The molecule has 1 aromatic heterocycles. The van der Waals surface area contributed by atoms with Gasteiger partial charge in [-0.15, -0.1) is 0 Å². The molecule has 4 N–H and O–H groups in total. The van der Waals surface area contributed by atoms with E-state index in [0.29, 0.717) is 5.06 Å². The van der Waals surface area contributed by atoms with Crippen LogP contribution < -0.4 is 11.1 Å². The van der Waals surface area contributed by atoms with Crippen LogP contribution in [-0.2, 0) is 33.6 Å². The highest BCUT2D eigenvalue weighted by Crippen LogP contribution is 2.34. The molecule has 0 spiro atoms. The van der Waals surface area contributed by atoms with Crippen molar-refractivity contribution in [1.82, 2.24) is 19.7 Å². The fourth-order valence-corrected chi connectivity index (χ4v) is 3.06. The van der Waals surface area contributed by atoms with Gasteiger partial charge in [0.15, 0.2) is 5.13 Å². The molecule has 0 radical (unpaired) electrons. The minimum absolute atomic E-state index is 0.0925. The molecule has 0 bridgehead atoms. The lowest BCUT2D eigenvalue weighted by atomic mass is 10.1. The number of aliphatic carboxylic acids is 1. The van der Waals surface area contributed by atoms with Gasteiger partial charge in [0.1, 0.15) is 19.3 Å². The summed E-state index contributed by atoms with van der Waals surface area (Å²) in [6, 6.07) is -1.26. The standard InChI is InChI=1S/C14H16N6O8S/c1-2-26-18-8(9-17-13(15)29-19-9)10(22)16-6-5-27-20(11(6)23)14(12(24)25)4-3-7(21)28-14/h6H,2-5H2,1H3,(H,16,22)(H,24,25)(H2,15,17,19)/b18-8-/t6-,14?/m0/s1. The molecule has 0 aliphatic carbocycles. The van der Waals surface area contributed by atoms with Crippen molar-refractivity contribution in [3.8, 4) is 0 Å². The molecule has 0 aromatic carbocycles. The van der Waals surface area contributed by atoms with Gasteiger partial charge in [-0.3, -0.25) is 19.2 Å². The number of carboxylic acids is 1. The molecule has 1 unspecified atom stereocenters. The van der Waals surface area contributed by atoms with Crippen LogP contribution in [0.2, 0.25) is 0 Å². The lowest BCUT2D eigenvalue weighted by Gasteiger charge is -2.30. The number of hydroxylamine groups is 2. The van der Waals surface area contributed by atoms with Gasteiger partial charge in [-0.05, 0) is 6.92 Å². The van der Waals surface area contributed by atoms with Gasteiger partial charge in [-0.1, -0.05) is 5.16 Å². The van der Waals surface area contributed by atoms with E-state index in [2.05, 4.69) is 19.8 Å². The smallest absolute Gasteiger partial charge is 0.372 e. The van der Waals surface area contributed by atoms with E-state index >= 15 is 0 Å². The molecule has 2 amide bonds. The zero-order chi connectivity index (χ0) is 21.2. The Hall–Kier alpha value is -3.33. The molecule has 15 heteroatoms. The van der Waals surface area contributed by atoms with E-state index in [1.54, 1.807) is 6.92 Å². The number of anilines is 1. The Labute approximate surface area is 166 Å². The summed E-state index contributed by atoms with van der Waals surface area (Å²) in [7, 11) is 0. The number of nitrogens with one attached hydrogen (secondary N) is 1. The van der Waals surface area contributed by atoms with Crippen molar-refractivity contribution in [3.05, 3.63) is 5.82 Å². The van der Waals surface area contributed by atoms with Gasteiger partial charge >= 0.3 is 17.7 Å². The molecule has 2 aliphatic rings. The molecular formula is C14H16N6O8S. The van der Waals surface area contributed by atoms with E-state index in [1.165, 1.54) is 0 Å². The van der Waals surface area contributed by atoms with E-state index in [4.69, 9.17) is 20.1 Å². The van der Waals surface area contributed by atoms with Crippen molar-refractivity contribution < 1.29 is 38.7 Å². The third-order valence-electron chi connectivity index (χ3n) is 3.94. The quantitative estimate of drug-likeness (QED) is 0.253. The Balaban J connectivity index is 1.76. The average molecular weight is 428 g/mol. The topological polar surface area (TPSA) is 196 Å². The highest BCUT2D eigenvalue weighted by Gasteiger charge is 2.59. The van der Waals surface area contributed by atoms with Crippen LogP contribution in [0.15, 0.2) is 5.16 Å². The number of esters is 1. The van der Waals surface area contributed by atoms with Gasteiger partial charge in [0.2, 0.25) is 11.5 Å². The Bertz CT molecular complexity index is 887. The van der Waals surface area contributed by atoms with Crippen LogP contribution in [0, 0.1) is 0 Å². The minimum Gasteiger partial charge on any atom is -0.477 e. The first-order valence-corrected chi connectivity index (χ1v) is 9.08. The highest BCUT2D eigenvalue weighted by molar-refractivity contribution is 7.09. The number of nitrogen functional groups attached to an aromatic ring is 1. The van der Waals surface area contributed by atoms with Gasteiger partial charge < -0.3 is 25.7 Å². The van der Waals surface area contributed by atoms with Gasteiger partial charge in [0.05, 0.1) is 6.42 Å². The number of cyclic esters (lactones) is 1. The first-order valence-electron chi connectivity index (χ1n) is 8.31. The summed E-state index contributed by atoms with van der Waals surface area (Å²) in [5.41, 5.74) is 2.91. The molecule has 3 heterocycles. The number of carbonyl (C=O) groups excluding carboxylic acids is 3. The number of amides is 2. The summed E-state index contributed by atoms with van der Waals surface area (Å²) >= 11 is 0.834. The lowest BCUT2D eigenvalue weighted by molar-refractivity contribution is -0.256. The summed E-state index contributed by atoms with van der Waals surface area (Å²) in [5.74, 6) is -4.22. The molecule has 3 rings (SSSR count). The van der Waals surface area contributed by atoms with Crippen LogP contribution in [0.5, 0.6) is 0 Å². The minimum atomic E-state index is -2.28. The summed E-state index contributed by atoms with van der Waals surface area (Å²) in [4.78, 5) is 62.2. The molecular weight excluding hydrogens is 412 g/mol. The maximum Gasteiger partial charge on any atom is 0.372 e. The van der Waals surface area contributed by atoms with Crippen molar-refractivity contribution >= 4 is 46.1 Å². The number of hydrogen-bond acceptors (Lipinski definition) is 12. The van der Waals surface area contributed by atoms with Gasteiger partial charge in [-0.2, -0.15) is 14.4 Å². The summed E-state index contributed by atoms with van der Waals surface area (Å²) < 4.78 is 8.72. The van der Waals surface area contributed by atoms with Crippen molar-refractivity contribution in [2.75, 3.05) is 18.9 Å². The van der Waals surface area contributed by atoms with Crippen molar-refractivity contribution in [2.45, 2.75) is 31.5 Å². The molecule has 2 saturated heterocycles. The first kappa shape index (κ1) is 20.4. The number of nitrogens with two attached hydrogens (primary N) is 1. The highest BCUT2D eigenvalue weighted by atomic mass is 32.1. The van der Waals surface area contributed by atoms with Gasteiger partial charge in [0.25, 0.3) is 11.8 Å². The fourth-order valence-electron chi connectivity index (χ4n) is 2.62. The van der Waals surface area contributed by atoms with Crippen LogP contribution in [0.4, 0.5) is 5.13 Å². The number of ether oxygens (including phenoxy) is 1. The molecule has 1 aromatic rings. The molecule has 0 saturated carbocycles. The van der Waals surface area contributed by atoms with Gasteiger partial charge in [0, 0.05) is 18.0 Å². The molecule has 2 aliphatic heterocycles. The van der Waals surface area contributed by atoms with Crippen molar-refractivity contribution in [3.63, 3.8) is 0 Å². The molecule has 2 fully saturated rings. The van der Waals surface area contributed by atoms with Crippen LogP contribution >= 0.6 is 11.5 Å². The fraction of sp³-hybridized carbons (Fsp3) is 0.500. The number of carbonyl (C=O) groups is 4. The molecule has 2 atom stereocenters. The molecule has 29 heavy (non-hydrogen) atoms. The second-order valence-corrected chi connectivity index (χ2v) is 6.62. The average Bonchev–Trinajstić information content (AvgIpc) is 3.36. The van der Waals surface area contributed by atoms with E-state index in [1.807, 2.05) is 0 Å². The predicted molar refractivity (Wildman–Crippen MR) is 92.9 cm³/mol. The maximum absolute atomic E-state index is 12.6. The Morgan fingerprint density at radius 1 is 1.52 bits per heavy atom. The van der Waals surface area contributed by atoms with E-state index in [0.717, 1.165) is 11.5 Å². The SMILES string of the molecule is CCO/N=C(\C(=O)N[C@H]1CON(C2(C(=O)O)CCC(=O)O2)C1=O)c1nsc(N)n1. The lowest BCUT2D eigenvalue weighted by Crippen LogP contribution is -2.57. The Morgan fingerprint density at radius 3 is 2.83 bits per heavy atom. The summed E-state index contributed by atoms with van der Waals surface area (Å²) in [6.45, 7) is 1.41. The van der Waals surface area contributed by atoms with E-state index in [9.17, 15) is 24.3 Å². The second kappa shape index (κ2) is 7.96. The monoisotopic (exact) mass is 428 g/mol. The number of nitrogens with zero attached hydrogens (tertiary/aromatic N) is 4. The van der Waals surface area contributed by atoms with Crippen LogP contribution in [0.1, 0.15) is 25.6 Å². The Kier molecular flexibility index (Phi) is 5.60. The first-order chi connectivity index (χ1) is 13.8. The summed E-state index contributed by atoms with van der Waals surface area (Å²) in [5, 5.41) is 16.0. The zero-order valence-electron chi connectivity index (χ0n) is 15.0. The normalized spacial score (nSPS) is 24.5. The Morgan fingerprint density at radius 2 is 2.28 bits per heavy atom. The third kappa shape index (κ3) is 3.81. The maximum atomic E-state index is 12.6. The number of oxime groups is 1. The second-order valence-electron chi connectivity index (χ2n) is 5.83. The largest absolute Gasteiger partial charge is 0.477 e. The molecule has 14 nitrogen and oxygen atoms in total. The number of hydrogen-bond donors (Lipinski definition) is 3. The van der Waals surface area contributed by atoms with Crippen LogP contribution in [0.3, 0.4) is 0 Å². The molecule has 156 valence electrons. The number of rotatable bonds is 7. The van der Waals surface area contributed by atoms with Crippen LogP contribution in [-0.4, -0.2) is 74.0 Å². The summed E-state index contributed by atoms with van der Waals surface area (Å²) in [6.07, 6.45) is -0.481.